The van der Waals surface area contributed by atoms with E-state index in [1.807, 2.05) is 13.0 Å². The van der Waals surface area contributed by atoms with Gasteiger partial charge in [0.1, 0.15) is 5.82 Å². The molecule has 1 N–H and O–H groups in total. The van der Waals surface area contributed by atoms with Crippen molar-refractivity contribution in [2.24, 2.45) is 5.41 Å². The molecule has 0 aliphatic heterocycles. The lowest BCUT2D eigenvalue weighted by Gasteiger charge is -2.28. The molecule has 0 aromatic heterocycles. The SMILES string of the molecule is Cc1cc(F)ccc1CNC1CCCC1(C)C. The van der Waals surface area contributed by atoms with E-state index in [0.717, 1.165) is 12.1 Å². The van der Waals surface area contributed by atoms with Crippen molar-refractivity contribution in [2.45, 2.75) is 52.6 Å². The molecule has 0 bridgehead atoms. The summed E-state index contributed by atoms with van der Waals surface area (Å²) in [6.07, 6.45) is 3.87. The highest BCUT2D eigenvalue weighted by molar-refractivity contribution is 5.26. The normalized spacial score (nSPS) is 22.9. The standard InChI is InChI=1S/C15H22FN/c1-11-9-13(16)7-6-12(11)10-17-14-5-4-8-15(14,2)3/h6-7,9,14,17H,4-5,8,10H2,1-3H3. The first-order valence-corrected chi connectivity index (χ1v) is 6.47. The Morgan fingerprint density at radius 2 is 2.18 bits per heavy atom. The van der Waals surface area contributed by atoms with E-state index in [-0.39, 0.29) is 5.82 Å². The van der Waals surface area contributed by atoms with Crippen molar-refractivity contribution in [1.29, 1.82) is 0 Å². The van der Waals surface area contributed by atoms with E-state index in [0.29, 0.717) is 11.5 Å². The second-order valence-corrected chi connectivity index (χ2v) is 5.89. The van der Waals surface area contributed by atoms with Crippen LogP contribution in [0.15, 0.2) is 18.2 Å². The van der Waals surface area contributed by atoms with Crippen molar-refractivity contribution in [3.05, 3.63) is 35.1 Å². The maximum atomic E-state index is 13.0. The summed E-state index contributed by atoms with van der Waals surface area (Å²) >= 11 is 0. The smallest absolute Gasteiger partial charge is 0.123 e. The minimum atomic E-state index is -0.146. The molecule has 2 heteroatoms. The zero-order chi connectivity index (χ0) is 12.5. The van der Waals surface area contributed by atoms with E-state index in [1.54, 1.807) is 12.1 Å². The Bertz CT molecular complexity index is 398. The predicted octanol–water partition coefficient (Wildman–Crippen LogP) is 3.80. The van der Waals surface area contributed by atoms with Gasteiger partial charge < -0.3 is 5.32 Å². The highest BCUT2D eigenvalue weighted by atomic mass is 19.1. The van der Waals surface area contributed by atoms with E-state index >= 15 is 0 Å². The Kier molecular flexibility index (Phi) is 3.53. The largest absolute Gasteiger partial charge is 0.309 e. The van der Waals surface area contributed by atoms with Gasteiger partial charge in [-0.2, -0.15) is 0 Å². The highest BCUT2D eigenvalue weighted by Gasteiger charge is 2.33. The van der Waals surface area contributed by atoms with Crippen LogP contribution in [0.5, 0.6) is 0 Å². The number of nitrogens with one attached hydrogen (secondary N) is 1. The Morgan fingerprint density at radius 3 is 2.76 bits per heavy atom. The number of benzene rings is 1. The summed E-state index contributed by atoms with van der Waals surface area (Å²) in [6, 6.07) is 5.63. The first-order chi connectivity index (χ1) is 7.99. The monoisotopic (exact) mass is 235 g/mol. The number of aryl methyl sites for hydroxylation is 1. The molecule has 0 saturated heterocycles. The Labute approximate surface area is 103 Å². The highest BCUT2D eigenvalue weighted by Crippen LogP contribution is 2.37. The van der Waals surface area contributed by atoms with Crippen LogP contribution < -0.4 is 5.32 Å². The van der Waals surface area contributed by atoms with Gasteiger partial charge in [-0.05, 0) is 48.4 Å². The van der Waals surface area contributed by atoms with Crippen molar-refractivity contribution < 1.29 is 4.39 Å². The van der Waals surface area contributed by atoms with Crippen molar-refractivity contribution in [1.82, 2.24) is 5.32 Å². The van der Waals surface area contributed by atoms with Gasteiger partial charge in [0.15, 0.2) is 0 Å². The molecule has 0 heterocycles. The Balaban J connectivity index is 1.98. The van der Waals surface area contributed by atoms with Crippen molar-refractivity contribution in [3.63, 3.8) is 0 Å². The zero-order valence-corrected chi connectivity index (χ0v) is 11.0. The number of hydrogen-bond donors (Lipinski definition) is 1. The molecular weight excluding hydrogens is 213 g/mol. The molecule has 17 heavy (non-hydrogen) atoms. The molecule has 1 aliphatic carbocycles. The van der Waals surface area contributed by atoms with Crippen molar-refractivity contribution in [2.75, 3.05) is 0 Å². The minimum absolute atomic E-state index is 0.146. The lowest BCUT2D eigenvalue weighted by Crippen LogP contribution is -2.37. The maximum absolute atomic E-state index is 13.0. The van der Waals surface area contributed by atoms with Gasteiger partial charge in [0.25, 0.3) is 0 Å². The molecule has 1 aromatic rings. The van der Waals surface area contributed by atoms with E-state index in [9.17, 15) is 4.39 Å². The van der Waals surface area contributed by atoms with Gasteiger partial charge in [0.2, 0.25) is 0 Å². The van der Waals surface area contributed by atoms with Crippen molar-refractivity contribution in [3.8, 4) is 0 Å². The van der Waals surface area contributed by atoms with Crippen LogP contribution in [0, 0.1) is 18.2 Å². The maximum Gasteiger partial charge on any atom is 0.123 e. The van der Waals surface area contributed by atoms with E-state index in [2.05, 4.69) is 19.2 Å². The van der Waals surface area contributed by atoms with Crippen LogP contribution in [-0.4, -0.2) is 6.04 Å². The molecular formula is C15H22FN. The molecule has 1 nitrogen and oxygen atoms in total. The Hall–Kier alpha value is -0.890. The van der Waals surface area contributed by atoms with Gasteiger partial charge >= 0.3 is 0 Å². The molecule has 0 spiro atoms. The summed E-state index contributed by atoms with van der Waals surface area (Å²) in [6.45, 7) is 7.48. The van der Waals surface area contributed by atoms with E-state index in [4.69, 9.17) is 0 Å². The summed E-state index contributed by atoms with van der Waals surface area (Å²) in [5.74, 6) is -0.146. The number of halogens is 1. The van der Waals surface area contributed by atoms with Gasteiger partial charge in [-0.25, -0.2) is 4.39 Å². The quantitative estimate of drug-likeness (QED) is 0.840. The molecule has 1 fully saturated rings. The van der Waals surface area contributed by atoms with Crippen LogP contribution in [0.1, 0.15) is 44.2 Å². The lowest BCUT2D eigenvalue weighted by molar-refractivity contribution is 0.282. The third-order valence-corrected chi connectivity index (χ3v) is 4.10. The molecule has 1 atom stereocenters. The van der Waals surface area contributed by atoms with Crippen LogP contribution in [0.2, 0.25) is 0 Å². The fraction of sp³-hybridized carbons (Fsp3) is 0.600. The van der Waals surface area contributed by atoms with Gasteiger partial charge in [0, 0.05) is 12.6 Å². The van der Waals surface area contributed by atoms with Gasteiger partial charge in [-0.3, -0.25) is 0 Å². The second kappa shape index (κ2) is 4.77. The van der Waals surface area contributed by atoms with Gasteiger partial charge in [-0.1, -0.05) is 26.3 Å². The fourth-order valence-corrected chi connectivity index (χ4v) is 2.80. The average molecular weight is 235 g/mol. The molecule has 94 valence electrons. The van der Waals surface area contributed by atoms with E-state index < -0.39 is 0 Å². The van der Waals surface area contributed by atoms with Crippen LogP contribution in [-0.2, 0) is 6.54 Å². The van der Waals surface area contributed by atoms with Crippen molar-refractivity contribution >= 4 is 0 Å². The molecule has 0 radical (unpaired) electrons. The summed E-state index contributed by atoms with van der Waals surface area (Å²) in [5.41, 5.74) is 2.64. The van der Waals surface area contributed by atoms with Crippen LogP contribution in [0.3, 0.4) is 0 Å². The lowest BCUT2D eigenvalue weighted by atomic mass is 9.87. The molecule has 1 aliphatic rings. The number of rotatable bonds is 3. The summed E-state index contributed by atoms with van der Waals surface area (Å²) in [4.78, 5) is 0. The third-order valence-electron chi connectivity index (χ3n) is 4.10. The molecule has 1 unspecified atom stereocenters. The third kappa shape index (κ3) is 2.86. The minimum Gasteiger partial charge on any atom is -0.309 e. The first-order valence-electron chi connectivity index (χ1n) is 6.47. The summed E-state index contributed by atoms with van der Waals surface area (Å²) in [5, 5.41) is 3.63. The van der Waals surface area contributed by atoms with Crippen LogP contribution >= 0.6 is 0 Å². The first kappa shape index (κ1) is 12.6. The number of hydrogen-bond acceptors (Lipinski definition) is 1. The topological polar surface area (TPSA) is 12.0 Å². The van der Waals surface area contributed by atoms with Gasteiger partial charge in [-0.15, -0.1) is 0 Å². The molecule has 1 saturated carbocycles. The van der Waals surface area contributed by atoms with Crippen LogP contribution in [0.4, 0.5) is 4.39 Å². The molecule has 2 rings (SSSR count). The van der Waals surface area contributed by atoms with Gasteiger partial charge in [0.05, 0.1) is 0 Å². The zero-order valence-electron chi connectivity index (χ0n) is 11.0. The molecule has 1 aromatic carbocycles. The molecule has 0 amide bonds. The summed E-state index contributed by atoms with van der Waals surface area (Å²) in [7, 11) is 0. The van der Waals surface area contributed by atoms with Crippen LogP contribution in [0.25, 0.3) is 0 Å². The average Bonchev–Trinajstić information content (AvgIpc) is 2.57. The van der Waals surface area contributed by atoms with E-state index in [1.165, 1.54) is 24.8 Å². The second-order valence-electron chi connectivity index (χ2n) is 5.89. The summed E-state index contributed by atoms with van der Waals surface area (Å²) < 4.78 is 13.0. The fourth-order valence-electron chi connectivity index (χ4n) is 2.80. The Morgan fingerprint density at radius 1 is 1.41 bits per heavy atom. The predicted molar refractivity (Wildman–Crippen MR) is 69.4 cm³/mol.